The third kappa shape index (κ3) is 9.42. The number of nitrogens with one attached hydrogen (secondary N) is 1. The molecule has 0 bridgehead atoms. The van der Waals surface area contributed by atoms with Crippen molar-refractivity contribution in [1.29, 1.82) is 0 Å². The van der Waals surface area contributed by atoms with Gasteiger partial charge in [0, 0.05) is 24.0 Å². The molecule has 0 fully saturated rings. The molecule has 0 radical (unpaired) electrons. The molecule has 0 aromatic heterocycles. The van der Waals surface area contributed by atoms with Crippen molar-refractivity contribution < 1.29 is 51.7 Å². The van der Waals surface area contributed by atoms with Crippen LogP contribution in [0.25, 0.3) is 0 Å². The fourth-order valence-electron chi connectivity index (χ4n) is 4.62. The van der Waals surface area contributed by atoms with Gasteiger partial charge in [-0.3, -0.25) is 19.2 Å². The van der Waals surface area contributed by atoms with Crippen molar-refractivity contribution in [3.05, 3.63) is 101 Å². The molecular formula is C33H30F3N3O8. The average molecular weight is 654 g/mol. The number of esters is 1. The van der Waals surface area contributed by atoms with Crippen LogP contribution in [0.2, 0.25) is 0 Å². The molecule has 0 aliphatic carbocycles. The van der Waals surface area contributed by atoms with E-state index in [-0.39, 0.29) is 34.9 Å². The van der Waals surface area contributed by atoms with Crippen LogP contribution >= 0.6 is 0 Å². The number of hydrogen-bond acceptors (Lipinski definition) is 8. The SMILES string of the molecule is COC1=CC(C(=O)Oc2ccc(CN(CC(=O)O)C(=O)c3ccc(NC(=O)Cc4ccc(OC)cc4C(F)(F)F)cc3)cc2)CC=N1. The monoisotopic (exact) mass is 653 g/mol. The predicted molar refractivity (Wildman–Crippen MR) is 163 cm³/mol. The van der Waals surface area contributed by atoms with Crippen LogP contribution < -0.4 is 14.8 Å². The van der Waals surface area contributed by atoms with E-state index in [1.807, 2.05) is 0 Å². The molecule has 3 aromatic carbocycles. The quantitative estimate of drug-likeness (QED) is 0.203. The molecule has 0 spiro atoms. The van der Waals surface area contributed by atoms with Gasteiger partial charge in [0.25, 0.3) is 5.91 Å². The van der Waals surface area contributed by atoms with Gasteiger partial charge in [-0.1, -0.05) is 18.2 Å². The summed E-state index contributed by atoms with van der Waals surface area (Å²) in [5, 5.41) is 11.9. The van der Waals surface area contributed by atoms with Crippen LogP contribution in [0.15, 0.2) is 83.7 Å². The Bertz CT molecular complexity index is 1690. The number of ether oxygens (including phenoxy) is 3. The first-order chi connectivity index (χ1) is 22.4. The molecule has 47 heavy (non-hydrogen) atoms. The summed E-state index contributed by atoms with van der Waals surface area (Å²) in [6.07, 6.45) is -1.78. The van der Waals surface area contributed by atoms with Gasteiger partial charge in [0.05, 0.1) is 32.1 Å². The van der Waals surface area contributed by atoms with Crippen LogP contribution in [-0.2, 0) is 38.3 Å². The summed E-state index contributed by atoms with van der Waals surface area (Å²) in [6.45, 7) is -0.699. The minimum absolute atomic E-state index is 0.00163. The molecule has 4 rings (SSSR count). The Morgan fingerprint density at radius 3 is 2.26 bits per heavy atom. The van der Waals surface area contributed by atoms with E-state index in [0.29, 0.717) is 17.9 Å². The minimum Gasteiger partial charge on any atom is -0.497 e. The van der Waals surface area contributed by atoms with Gasteiger partial charge in [-0.25, -0.2) is 4.99 Å². The highest BCUT2D eigenvalue weighted by Crippen LogP contribution is 2.35. The van der Waals surface area contributed by atoms with Gasteiger partial charge in [0.15, 0.2) is 0 Å². The molecular weight excluding hydrogens is 623 g/mol. The number of halogens is 3. The Labute approximate surface area is 267 Å². The second-order valence-corrected chi connectivity index (χ2v) is 10.3. The lowest BCUT2D eigenvalue weighted by Crippen LogP contribution is -2.35. The number of amides is 2. The van der Waals surface area contributed by atoms with Gasteiger partial charge in [-0.2, -0.15) is 13.2 Å². The van der Waals surface area contributed by atoms with Crippen molar-refractivity contribution in [2.24, 2.45) is 10.9 Å². The van der Waals surface area contributed by atoms with Crippen molar-refractivity contribution in [3.8, 4) is 11.5 Å². The summed E-state index contributed by atoms with van der Waals surface area (Å²) in [5.41, 5.74) is -0.334. The van der Waals surface area contributed by atoms with Crippen LogP contribution in [0.4, 0.5) is 18.9 Å². The second-order valence-electron chi connectivity index (χ2n) is 10.3. The lowest BCUT2D eigenvalue weighted by Gasteiger charge is -2.21. The first-order valence-electron chi connectivity index (χ1n) is 14.1. The summed E-state index contributed by atoms with van der Waals surface area (Å²) in [7, 11) is 2.68. The maximum absolute atomic E-state index is 13.5. The molecule has 1 atom stereocenters. The second kappa shape index (κ2) is 15.1. The number of aliphatic carboxylic acids is 1. The van der Waals surface area contributed by atoms with E-state index < -0.39 is 54.4 Å². The average Bonchev–Trinajstić information content (AvgIpc) is 3.04. The number of aliphatic imine (C=N–C) groups is 1. The van der Waals surface area contributed by atoms with Crippen LogP contribution in [0, 0.1) is 5.92 Å². The summed E-state index contributed by atoms with van der Waals surface area (Å²) < 4.78 is 55.9. The van der Waals surface area contributed by atoms with Gasteiger partial charge in [-0.05, 0) is 72.2 Å². The molecule has 0 saturated heterocycles. The Morgan fingerprint density at radius 2 is 1.64 bits per heavy atom. The number of hydrogen-bond donors (Lipinski definition) is 2. The van der Waals surface area contributed by atoms with E-state index in [4.69, 9.17) is 14.2 Å². The molecule has 1 aliphatic rings. The molecule has 11 nitrogen and oxygen atoms in total. The highest BCUT2D eigenvalue weighted by atomic mass is 19.4. The number of nitrogens with zero attached hydrogens (tertiary/aromatic N) is 2. The third-order valence-electron chi connectivity index (χ3n) is 6.95. The van der Waals surface area contributed by atoms with Crippen molar-refractivity contribution in [2.45, 2.75) is 25.6 Å². The van der Waals surface area contributed by atoms with Crippen molar-refractivity contribution in [1.82, 2.24) is 4.90 Å². The van der Waals surface area contributed by atoms with E-state index in [1.165, 1.54) is 62.8 Å². The van der Waals surface area contributed by atoms with E-state index in [2.05, 4.69) is 10.3 Å². The Kier molecular flexibility index (Phi) is 11.0. The van der Waals surface area contributed by atoms with Crippen molar-refractivity contribution in [3.63, 3.8) is 0 Å². The first-order valence-corrected chi connectivity index (χ1v) is 14.1. The number of carbonyl (C=O) groups is 4. The molecule has 246 valence electrons. The standard InChI is InChI=1S/C33H30F3N3O8/c1-45-26-12-7-22(27(17-26)33(34,35)36)15-28(40)38-24-8-5-21(6-9-24)31(43)39(19-30(41)42)18-20-3-10-25(11-4-20)47-32(44)23-13-14-37-29(16-23)46-2/h3-12,14,16-17,23H,13,15,18-19H2,1-2H3,(H,38,40)(H,41,42). The van der Waals surface area contributed by atoms with Crippen LogP contribution in [0.5, 0.6) is 11.5 Å². The third-order valence-corrected chi connectivity index (χ3v) is 6.95. The van der Waals surface area contributed by atoms with Crippen molar-refractivity contribution in [2.75, 3.05) is 26.1 Å². The zero-order chi connectivity index (χ0) is 34.1. The highest BCUT2D eigenvalue weighted by molar-refractivity contribution is 5.97. The molecule has 2 amide bonds. The van der Waals surface area contributed by atoms with Gasteiger partial charge < -0.3 is 29.5 Å². The van der Waals surface area contributed by atoms with E-state index in [1.54, 1.807) is 24.4 Å². The topological polar surface area (TPSA) is 144 Å². The van der Waals surface area contributed by atoms with Gasteiger partial charge in [-0.15, -0.1) is 0 Å². The maximum Gasteiger partial charge on any atom is 0.416 e. The highest BCUT2D eigenvalue weighted by Gasteiger charge is 2.34. The summed E-state index contributed by atoms with van der Waals surface area (Å²) >= 11 is 0. The smallest absolute Gasteiger partial charge is 0.416 e. The fourth-order valence-corrected chi connectivity index (χ4v) is 4.62. The molecule has 1 aliphatic heterocycles. The predicted octanol–water partition coefficient (Wildman–Crippen LogP) is 5.11. The molecule has 1 unspecified atom stereocenters. The lowest BCUT2D eigenvalue weighted by atomic mass is 10.0. The minimum atomic E-state index is -4.69. The summed E-state index contributed by atoms with van der Waals surface area (Å²) in [5.74, 6) is -3.09. The summed E-state index contributed by atoms with van der Waals surface area (Å²) in [4.78, 5) is 55.0. The normalized spacial score (nSPS) is 14.1. The zero-order valence-corrected chi connectivity index (χ0v) is 25.2. The lowest BCUT2D eigenvalue weighted by molar-refractivity contribution is -0.139. The number of rotatable bonds is 12. The fraction of sp³-hybridized carbons (Fsp3) is 0.242. The molecule has 1 heterocycles. The molecule has 14 heteroatoms. The first kappa shape index (κ1) is 34.2. The number of carboxylic acid groups (broad SMARTS) is 1. The van der Waals surface area contributed by atoms with E-state index >= 15 is 0 Å². The number of methoxy groups -OCH3 is 2. The number of carboxylic acids is 1. The summed E-state index contributed by atoms with van der Waals surface area (Å²) in [6, 6.07) is 15.0. The molecule has 0 saturated carbocycles. The van der Waals surface area contributed by atoms with E-state index in [0.717, 1.165) is 11.0 Å². The number of carbonyl (C=O) groups excluding carboxylic acids is 3. The number of benzene rings is 3. The van der Waals surface area contributed by atoms with Gasteiger partial charge in [0.2, 0.25) is 11.8 Å². The number of alkyl halides is 3. The van der Waals surface area contributed by atoms with Crippen LogP contribution in [0.1, 0.15) is 33.5 Å². The molecule has 3 aromatic rings. The van der Waals surface area contributed by atoms with Crippen molar-refractivity contribution >= 4 is 35.7 Å². The van der Waals surface area contributed by atoms with E-state index in [9.17, 15) is 37.5 Å². The Balaban J connectivity index is 1.38. The zero-order valence-electron chi connectivity index (χ0n) is 25.2. The maximum atomic E-state index is 13.5. The van der Waals surface area contributed by atoms with Crippen LogP contribution in [-0.4, -0.2) is 60.7 Å². The largest absolute Gasteiger partial charge is 0.497 e. The Morgan fingerprint density at radius 1 is 0.957 bits per heavy atom. The van der Waals surface area contributed by atoms with Crippen LogP contribution in [0.3, 0.4) is 0 Å². The number of anilines is 1. The molecule has 2 N–H and O–H groups in total. The van der Waals surface area contributed by atoms with Gasteiger partial charge in [0.1, 0.15) is 18.0 Å². The Hall–Kier alpha value is -5.66. The van der Waals surface area contributed by atoms with Gasteiger partial charge >= 0.3 is 18.1 Å².